The first-order valence-corrected chi connectivity index (χ1v) is 6.30. The van der Waals surface area contributed by atoms with E-state index in [-0.39, 0.29) is 11.8 Å². The monoisotopic (exact) mass is 261 g/mol. The highest BCUT2D eigenvalue weighted by Gasteiger charge is 2.42. The van der Waals surface area contributed by atoms with E-state index in [0.29, 0.717) is 17.3 Å². The lowest BCUT2D eigenvalue weighted by Crippen LogP contribution is -2.41. The summed E-state index contributed by atoms with van der Waals surface area (Å²) in [4.78, 5) is 20.9. The maximum absolute atomic E-state index is 12.1. The second-order valence-corrected chi connectivity index (χ2v) is 5.26. The van der Waals surface area contributed by atoms with Crippen LogP contribution in [0.5, 0.6) is 5.75 Å². The third kappa shape index (κ3) is 2.20. The Morgan fingerprint density at radius 3 is 2.58 bits per heavy atom. The summed E-state index contributed by atoms with van der Waals surface area (Å²) in [5.74, 6) is 1.29. The third-order valence-corrected chi connectivity index (χ3v) is 3.67. The second kappa shape index (κ2) is 4.64. The Morgan fingerprint density at radius 1 is 1.42 bits per heavy atom. The topological polar surface area (TPSA) is 63.6 Å². The van der Waals surface area contributed by atoms with Gasteiger partial charge >= 0.3 is 0 Å². The molecule has 1 aliphatic rings. The quantitative estimate of drug-likeness (QED) is 0.900. The van der Waals surface area contributed by atoms with Gasteiger partial charge in [-0.1, -0.05) is 13.8 Å². The van der Waals surface area contributed by atoms with Crippen molar-refractivity contribution in [1.29, 1.82) is 0 Å². The zero-order valence-electron chi connectivity index (χ0n) is 11.9. The summed E-state index contributed by atoms with van der Waals surface area (Å²) in [6.07, 6.45) is 1.63. The normalized spacial score (nSPS) is 22.4. The molecule has 0 aliphatic carbocycles. The molecule has 1 N–H and O–H groups in total. The molecule has 102 valence electrons. The molecule has 1 amide bonds. The van der Waals surface area contributed by atoms with Crippen molar-refractivity contribution in [2.75, 3.05) is 7.11 Å². The van der Waals surface area contributed by atoms with Crippen molar-refractivity contribution in [3.63, 3.8) is 0 Å². The molecule has 5 heteroatoms. The number of aromatic nitrogens is 1. The van der Waals surface area contributed by atoms with Crippen LogP contribution in [0, 0.1) is 12.8 Å². The minimum atomic E-state index is -0.719. The average Bonchev–Trinajstić information content (AvgIpc) is 2.66. The van der Waals surface area contributed by atoms with Gasteiger partial charge in [0.25, 0.3) is 5.91 Å². The first-order valence-electron chi connectivity index (χ1n) is 6.30. The number of hydrogen-bond acceptors (Lipinski definition) is 4. The van der Waals surface area contributed by atoms with Gasteiger partial charge < -0.3 is 10.1 Å². The highest BCUT2D eigenvalue weighted by Crippen LogP contribution is 2.27. The number of amides is 1. The number of hydrogen-bond donors (Lipinski definition) is 1. The van der Waals surface area contributed by atoms with E-state index in [1.807, 2.05) is 33.8 Å². The highest BCUT2D eigenvalue weighted by atomic mass is 16.5. The zero-order chi connectivity index (χ0) is 14.2. The molecule has 0 bridgehead atoms. The van der Waals surface area contributed by atoms with Crippen molar-refractivity contribution in [3.05, 3.63) is 23.5 Å². The van der Waals surface area contributed by atoms with Gasteiger partial charge in [0.05, 0.1) is 13.3 Å². The van der Waals surface area contributed by atoms with E-state index in [1.165, 1.54) is 0 Å². The van der Waals surface area contributed by atoms with Crippen LogP contribution in [0.25, 0.3) is 0 Å². The standard InChI is InChI=1S/C14H19N3O2/c1-8(2)14(4)13(18)16-12(17-14)11-9(3)6-10(19-5)7-15-11/h6-8H,1-5H3,(H,16,17,18). The van der Waals surface area contributed by atoms with Gasteiger partial charge in [-0.25, -0.2) is 9.98 Å². The molecule has 0 saturated heterocycles. The van der Waals surface area contributed by atoms with E-state index < -0.39 is 5.54 Å². The molecule has 0 radical (unpaired) electrons. The number of ether oxygens (including phenoxy) is 1. The summed E-state index contributed by atoms with van der Waals surface area (Å²) in [6, 6.07) is 1.88. The zero-order valence-corrected chi connectivity index (χ0v) is 11.9. The molecule has 1 unspecified atom stereocenters. The molecular formula is C14H19N3O2. The van der Waals surface area contributed by atoms with Gasteiger partial charge in [-0.05, 0) is 31.4 Å². The third-order valence-electron chi connectivity index (χ3n) is 3.67. The van der Waals surface area contributed by atoms with Crippen molar-refractivity contribution in [2.24, 2.45) is 10.9 Å². The lowest BCUT2D eigenvalue weighted by Gasteiger charge is -2.21. The summed E-state index contributed by atoms with van der Waals surface area (Å²) in [6.45, 7) is 7.74. The van der Waals surface area contributed by atoms with Crippen LogP contribution < -0.4 is 10.1 Å². The predicted molar refractivity (Wildman–Crippen MR) is 73.4 cm³/mol. The van der Waals surface area contributed by atoms with E-state index in [2.05, 4.69) is 15.3 Å². The summed E-state index contributed by atoms with van der Waals surface area (Å²) in [5.41, 5.74) is 0.897. The highest BCUT2D eigenvalue weighted by molar-refractivity contribution is 6.15. The van der Waals surface area contributed by atoms with Crippen molar-refractivity contribution in [2.45, 2.75) is 33.2 Å². The number of carbonyl (C=O) groups excluding carboxylic acids is 1. The van der Waals surface area contributed by atoms with Crippen LogP contribution in [0.3, 0.4) is 0 Å². The van der Waals surface area contributed by atoms with Crippen molar-refractivity contribution >= 4 is 11.7 Å². The number of rotatable bonds is 3. The molecule has 19 heavy (non-hydrogen) atoms. The van der Waals surface area contributed by atoms with Crippen molar-refractivity contribution in [3.8, 4) is 5.75 Å². The first kappa shape index (κ1) is 13.5. The molecule has 0 aromatic carbocycles. The van der Waals surface area contributed by atoms with Crippen LogP contribution in [0.4, 0.5) is 0 Å². The average molecular weight is 261 g/mol. The molecule has 2 rings (SSSR count). The van der Waals surface area contributed by atoms with E-state index in [9.17, 15) is 4.79 Å². The van der Waals surface area contributed by atoms with E-state index in [0.717, 1.165) is 5.56 Å². The van der Waals surface area contributed by atoms with Gasteiger partial charge in [0.2, 0.25) is 0 Å². The number of nitrogens with one attached hydrogen (secondary N) is 1. The Morgan fingerprint density at radius 2 is 2.11 bits per heavy atom. The lowest BCUT2D eigenvalue weighted by molar-refractivity contribution is -0.124. The Hall–Kier alpha value is -1.91. The molecule has 1 aliphatic heterocycles. The van der Waals surface area contributed by atoms with Gasteiger partial charge in [0.15, 0.2) is 5.84 Å². The fraction of sp³-hybridized carbons (Fsp3) is 0.500. The van der Waals surface area contributed by atoms with Gasteiger partial charge in [-0.15, -0.1) is 0 Å². The molecule has 0 saturated carbocycles. The van der Waals surface area contributed by atoms with Crippen LogP contribution in [0.1, 0.15) is 32.0 Å². The Kier molecular flexibility index (Phi) is 3.30. The van der Waals surface area contributed by atoms with Gasteiger partial charge in [0, 0.05) is 0 Å². The SMILES string of the molecule is COc1cnc(C2=NC(C)(C(C)C)C(=O)N2)c(C)c1. The van der Waals surface area contributed by atoms with E-state index in [4.69, 9.17) is 4.74 Å². The molecule has 1 aromatic rings. The van der Waals surface area contributed by atoms with Gasteiger partial charge in [0.1, 0.15) is 17.0 Å². The molecule has 5 nitrogen and oxygen atoms in total. The maximum Gasteiger partial charge on any atom is 0.253 e. The number of amidine groups is 1. The minimum absolute atomic E-state index is 0.0745. The number of pyridine rings is 1. The van der Waals surface area contributed by atoms with Crippen molar-refractivity contribution < 1.29 is 9.53 Å². The fourth-order valence-electron chi connectivity index (χ4n) is 1.96. The molecular weight excluding hydrogens is 242 g/mol. The molecule has 0 spiro atoms. The van der Waals surface area contributed by atoms with E-state index in [1.54, 1.807) is 13.3 Å². The second-order valence-electron chi connectivity index (χ2n) is 5.26. The largest absolute Gasteiger partial charge is 0.495 e. The van der Waals surface area contributed by atoms with Crippen LogP contribution in [0.15, 0.2) is 17.3 Å². The summed E-state index contributed by atoms with van der Waals surface area (Å²) >= 11 is 0. The fourth-order valence-corrected chi connectivity index (χ4v) is 1.96. The lowest BCUT2D eigenvalue weighted by atomic mass is 9.89. The maximum atomic E-state index is 12.1. The molecule has 2 heterocycles. The number of aryl methyl sites for hydroxylation is 1. The van der Waals surface area contributed by atoms with Crippen LogP contribution in [-0.4, -0.2) is 29.4 Å². The summed E-state index contributed by atoms with van der Waals surface area (Å²) < 4.78 is 5.12. The Bertz CT molecular complexity index is 552. The Balaban J connectivity index is 2.42. The number of methoxy groups -OCH3 is 1. The summed E-state index contributed by atoms with van der Waals surface area (Å²) in [7, 11) is 1.60. The van der Waals surface area contributed by atoms with Crippen LogP contribution >= 0.6 is 0 Å². The van der Waals surface area contributed by atoms with Crippen LogP contribution in [-0.2, 0) is 4.79 Å². The molecule has 1 atom stereocenters. The first-order chi connectivity index (χ1) is 8.88. The predicted octanol–water partition coefficient (Wildman–Crippen LogP) is 1.69. The number of carbonyl (C=O) groups is 1. The number of aliphatic imine (C=N–C) groups is 1. The number of nitrogens with zero attached hydrogens (tertiary/aromatic N) is 2. The van der Waals surface area contributed by atoms with Gasteiger partial charge in [-0.3, -0.25) is 4.79 Å². The Labute approximate surface area is 113 Å². The van der Waals surface area contributed by atoms with E-state index >= 15 is 0 Å². The van der Waals surface area contributed by atoms with Gasteiger partial charge in [-0.2, -0.15) is 0 Å². The summed E-state index contributed by atoms with van der Waals surface area (Å²) in [5, 5.41) is 2.83. The smallest absolute Gasteiger partial charge is 0.253 e. The van der Waals surface area contributed by atoms with Crippen molar-refractivity contribution in [1.82, 2.24) is 10.3 Å². The molecule has 1 aromatic heterocycles. The molecule has 0 fully saturated rings. The minimum Gasteiger partial charge on any atom is -0.495 e. The van der Waals surface area contributed by atoms with Crippen LogP contribution in [0.2, 0.25) is 0 Å².